The molecule has 0 aromatic heterocycles. The summed E-state index contributed by atoms with van der Waals surface area (Å²) in [5.41, 5.74) is 5.19. The van der Waals surface area contributed by atoms with Crippen LogP contribution < -0.4 is 10.5 Å². The fraction of sp³-hybridized carbons (Fsp3) is 0.438. The van der Waals surface area contributed by atoms with E-state index in [2.05, 4.69) is 0 Å². The lowest BCUT2D eigenvalue weighted by atomic mass is 10.1. The van der Waals surface area contributed by atoms with E-state index < -0.39 is 5.91 Å². The summed E-state index contributed by atoms with van der Waals surface area (Å²) in [5.74, 6) is -0.166. The first-order chi connectivity index (χ1) is 11.1. The predicted molar refractivity (Wildman–Crippen MR) is 81.4 cm³/mol. The molecule has 0 aliphatic carbocycles. The molecule has 2 atom stereocenters. The van der Waals surface area contributed by atoms with Gasteiger partial charge in [-0.05, 0) is 18.6 Å². The van der Waals surface area contributed by atoms with Gasteiger partial charge in [0.05, 0.1) is 18.6 Å². The van der Waals surface area contributed by atoms with E-state index in [1.165, 1.54) is 4.90 Å². The normalized spacial score (nSPS) is 23.0. The second-order valence-electron chi connectivity index (χ2n) is 5.80. The van der Waals surface area contributed by atoms with E-state index in [9.17, 15) is 14.4 Å². The highest BCUT2D eigenvalue weighted by atomic mass is 16.5. The first-order valence-corrected chi connectivity index (χ1v) is 7.61. The van der Waals surface area contributed by atoms with Gasteiger partial charge in [0.15, 0.2) is 6.61 Å². The van der Waals surface area contributed by atoms with Crippen molar-refractivity contribution in [3.63, 3.8) is 0 Å². The number of para-hydroxylation sites is 1. The molecule has 3 rings (SSSR count). The molecule has 0 bridgehead atoms. The van der Waals surface area contributed by atoms with E-state index in [-0.39, 0.29) is 43.5 Å². The first-order valence-electron chi connectivity index (χ1n) is 7.61. The molecule has 0 unspecified atom stereocenters. The summed E-state index contributed by atoms with van der Waals surface area (Å²) in [6.45, 7) is 0.425. The highest BCUT2D eigenvalue weighted by Crippen LogP contribution is 2.32. The Kier molecular flexibility index (Phi) is 4.18. The van der Waals surface area contributed by atoms with Gasteiger partial charge in [0, 0.05) is 13.0 Å². The van der Waals surface area contributed by atoms with Crippen molar-refractivity contribution in [1.82, 2.24) is 9.80 Å². The number of primary amides is 1. The third-order valence-electron chi connectivity index (χ3n) is 4.37. The highest BCUT2D eigenvalue weighted by molar-refractivity contribution is 5.88. The Hall–Kier alpha value is -2.57. The van der Waals surface area contributed by atoms with Gasteiger partial charge in [-0.25, -0.2) is 0 Å². The van der Waals surface area contributed by atoms with Crippen molar-refractivity contribution >= 4 is 17.7 Å². The summed E-state index contributed by atoms with van der Waals surface area (Å²) in [7, 11) is 0. The van der Waals surface area contributed by atoms with Gasteiger partial charge in [0.2, 0.25) is 11.8 Å². The summed E-state index contributed by atoms with van der Waals surface area (Å²) < 4.78 is 5.48. The maximum Gasteiger partial charge on any atom is 0.260 e. The third-order valence-corrected chi connectivity index (χ3v) is 4.37. The Balaban J connectivity index is 1.60. The largest absolute Gasteiger partial charge is 0.484 e. The zero-order valence-electron chi connectivity index (χ0n) is 12.7. The maximum absolute atomic E-state index is 12.4. The average Bonchev–Trinajstić information content (AvgIpc) is 3.06. The molecule has 2 saturated heterocycles. The summed E-state index contributed by atoms with van der Waals surface area (Å²) in [5, 5.41) is 0. The van der Waals surface area contributed by atoms with Gasteiger partial charge in [0.25, 0.3) is 5.91 Å². The van der Waals surface area contributed by atoms with Crippen LogP contribution >= 0.6 is 0 Å². The van der Waals surface area contributed by atoms with E-state index in [0.29, 0.717) is 18.7 Å². The maximum atomic E-state index is 12.4. The van der Waals surface area contributed by atoms with Gasteiger partial charge < -0.3 is 20.3 Å². The smallest absolute Gasteiger partial charge is 0.260 e. The fourth-order valence-electron chi connectivity index (χ4n) is 3.36. The van der Waals surface area contributed by atoms with Crippen LogP contribution in [-0.2, 0) is 14.4 Å². The molecule has 1 aromatic carbocycles. The molecule has 2 fully saturated rings. The van der Waals surface area contributed by atoms with Crippen molar-refractivity contribution in [2.24, 2.45) is 5.73 Å². The molecule has 2 aliphatic heterocycles. The molecule has 0 saturated carbocycles. The molecule has 2 aliphatic rings. The topological polar surface area (TPSA) is 92.9 Å². The van der Waals surface area contributed by atoms with Gasteiger partial charge in [-0.15, -0.1) is 0 Å². The molecule has 0 spiro atoms. The second kappa shape index (κ2) is 6.28. The number of benzene rings is 1. The van der Waals surface area contributed by atoms with Gasteiger partial charge in [-0.1, -0.05) is 18.2 Å². The van der Waals surface area contributed by atoms with E-state index in [1.54, 1.807) is 17.0 Å². The summed E-state index contributed by atoms with van der Waals surface area (Å²) in [4.78, 5) is 38.7. The molecule has 0 radical (unpaired) electrons. The van der Waals surface area contributed by atoms with Crippen molar-refractivity contribution in [2.45, 2.75) is 24.9 Å². The van der Waals surface area contributed by atoms with Crippen LogP contribution in [0.1, 0.15) is 12.8 Å². The Labute approximate surface area is 134 Å². The van der Waals surface area contributed by atoms with Gasteiger partial charge in [-0.2, -0.15) is 0 Å². The highest BCUT2D eigenvalue weighted by Gasteiger charge is 2.48. The van der Waals surface area contributed by atoms with Crippen molar-refractivity contribution in [3.05, 3.63) is 30.3 Å². The third kappa shape index (κ3) is 3.13. The zero-order valence-corrected chi connectivity index (χ0v) is 12.7. The molecular weight excluding hydrogens is 298 g/mol. The lowest BCUT2D eigenvalue weighted by Crippen LogP contribution is -2.43. The van der Waals surface area contributed by atoms with Crippen LogP contribution in [0.4, 0.5) is 0 Å². The molecule has 23 heavy (non-hydrogen) atoms. The molecule has 3 amide bonds. The monoisotopic (exact) mass is 317 g/mol. The minimum atomic E-state index is -0.531. The van der Waals surface area contributed by atoms with Gasteiger partial charge in [-0.3, -0.25) is 14.4 Å². The minimum absolute atomic E-state index is 0.0583. The first kappa shape index (κ1) is 15.3. The van der Waals surface area contributed by atoms with E-state index in [4.69, 9.17) is 10.5 Å². The van der Waals surface area contributed by atoms with Crippen LogP contribution in [0.15, 0.2) is 30.3 Å². The minimum Gasteiger partial charge on any atom is -0.484 e. The molecule has 7 nitrogen and oxygen atoms in total. The number of amides is 3. The predicted octanol–water partition coefficient (Wildman–Crippen LogP) is -0.247. The van der Waals surface area contributed by atoms with Crippen LogP contribution in [0.5, 0.6) is 5.75 Å². The Bertz CT molecular complexity index is 619. The number of nitrogens with zero attached hydrogens (tertiary/aromatic N) is 2. The number of fused-ring (bicyclic) bond motifs is 1. The molecule has 1 aromatic rings. The van der Waals surface area contributed by atoms with Crippen molar-refractivity contribution in [1.29, 1.82) is 0 Å². The van der Waals surface area contributed by atoms with Crippen LogP contribution in [0.2, 0.25) is 0 Å². The van der Waals surface area contributed by atoms with E-state index >= 15 is 0 Å². The quantitative estimate of drug-likeness (QED) is 0.810. The van der Waals surface area contributed by atoms with Crippen molar-refractivity contribution < 1.29 is 19.1 Å². The number of carbonyl (C=O) groups excluding carboxylic acids is 3. The number of carbonyl (C=O) groups is 3. The van der Waals surface area contributed by atoms with Crippen LogP contribution in [0.3, 0.4) is 0 Å². The lowest BCUT2D eigenvalue weighted by Gasteiger charge is -2.24. The van der Waals surface area contributed by atoms with E-state index in [0.717, 1.165) is 0 Å². The van der Waals surface area contributed by atoms with Gasteiger partial charge >= 0.3 is 0 Å². The molecule has 122 valence electrons. The second-order valence-corrected chi connectivity index (χ2v) is 5.80. The number of hydrogen-bond acceptors (Lipinski definition) is 4. The lowest BCUT2D eigenvalue weighted by molar-refractivity contribution is -0.134. The van der Waals surface area contributed by atoms with Crippen LogP contribution in [0, 0.1) is 0 Å². The molecule has 2 heterocycles. The zero-order chi connectivity index (χ0) is 16.4. The average molecular weight is 317 g/mol. The Morgan fingerprint density at radius 1 is 1.22 bits per heavy atom. The van der Waals surface area contributed by atoms with Crippen molar-refractivity contribution in [3.8, 4) is 5.75 Å². The number of likely N-dealkylation sites (tertiary alicyclic amines) is 2. The van der Waals surface area contributed by atoms with Crippen molar-refractivity contribution in [2.75, 3.05) is 19.7 Å². The number of ether oxygens (including phenoxy) is 1. The van der Waals surface area contributed by atoms with Crippen LogP contribution in [-0.4, -0.2) is 59.3 Å². The fourth-order valence-corrected chi connectivity index (χ4v) is 3.36. The van der Waals surface area contributed by atoms with Crippen LogP contribution in [0.25, 0.3) is 0 Å². The number of hydrogen-bond donors (Lipinski definition) is 1. The summed E-state index contributed by atoms with van der Waals surface area (Å²) in [6.07, 6.45) is 0.912. The number of nitrogens with two attached hydrogens (primary N) is 1. The number of rotatable bonds is 5. The Morgan fingerprint density at radius 2 is 1.96 bits per heavy atom. The SMILES string of the molecule is NC(=O)CN1C(=O)C[C@H]2[C@@H]1CCN2C(=O)COc1ccccc1. The molecule has 7 heteroatoms. The molecule has 2 N–H and O–H groups in total. The molecular formula is C16H19N3O4. The van der Waals surface area contributed by atoms with Gasteiger partial charge in [0.1, 0.15) is 5.75 Å². The summed E-state index contributed by atoms with van der Waals surface area (Å²) >= 11 is 0. The standard InChI is InChI=1S/C16H19N3O4/c17-14(20)9-19-12-6-7-18(13(12)8-15(19)21)16(22)10-23-11-4-2-1-3-5-11/h1-5,12-13H,6-10H2,(H2,17,20)/t12-,13-/m0/s1. The van der Waals surface area contributed by atoms with E-state index in [1.807, 2.05) is 18.2 Å². The Morgan fingerprint density at radius 3 is 2.65 bits per heavy atom. The summed E-state index contributed by atoms with van der Waals surface area (Å²) in [6, 6.07) is 8.81.